The molecule has 138 valence electrons. The maximum absolute atomic E-state index is 12.3. The number of halogens is 1. The standard InChI is InChI=1S/C18H24ClNO5/c1-5-18(15(22)23,20-16(24)25-17(2,3)4)10-9-14(21)12-7-6-8-13(19)11-12/h6-8,11H,5,9-10H2,1-4H3,(H,20,24)(H,22,23)/t18-/m0/s1. The Kier molecular flexibility index (Phi) is 6.99. The molecule has 0 radical (unpaired) electrons. The number of benzene rings is 1. The van der Waals surface area contributed by atoms with Crippen LogP contribution >= 0.6 is 11.6 Å². The Morgan fingerprint density at radius 2 is 1.88 bits per heavy atom. The van der Waals surface area contributed by atoms with E-state index in [1.807, 2.05) is 0 Å². The number of carbonyl (C=O) groups excluding carboxylic acids is 2. The molecule has 0 aliphatic heterocycles. The average molecular weight is 370 g/mol. The van der Waals surface area contributed by atoms with E-state index in [1.165, 1.54) is 6.07 Å². The first-order valence-corrected chi connectivity index (χ1v) is 8.40. The lowest BCUT2D eigenvalue weighted by molar-refractivity contribution is -0.145. The summed E-state index contributed by atoms with van der Waals surface area (Å²) in [5.41, 5.74) is -1.92. The zero-order valence-electron chi connectivity index (χ0n) is 14.9. The van der Waals surface area contributed by atoms with Crippen molar-refractivity contribution in [3.63, 3.8) is 0 Å². The van der Waals surface area contributed by atoms with Crippen LogP contribution in [0.5, 0.6) is 0 Å². The normalized spacial score (nSPS) is 13.6. The first-order chi connectivity index (χ1) is 11.5. The van der Waals surface area contributed by atoms with Crippen molar-refractivity contribution in [3.05, 3.63) is 34.9 Å². The third kappa shape index (κ3) is 6.38. The molecule has 25 heavy (non-hydrogen) atoms. The fourth-order valence-electron chi connectivity index (χ4n) is 2.27. The molecule has 2 N–H and O–H groups in total. The van der Waals surface area contributed by atoms with Crippen LogP contribution in [-0.2, 0) is 9.53 Å². The van der Waals surface area contributed by atoms with Crippen molar-refractivity contribution in [1.82, 2.24) is 5.32 Å². The number of Topliss-reactive ketones (excluding diaryl/α,β-unsaturated/α-hetero) is 1. The van der Waals surface area contributed by atoms with Crippen molar-refractivity contribution in [3.8, 4) is 0 Å². The van der Waals surface area contributed by atoms with Gasteiger partial charge < -0.3 is 15.2 Å². The average Bonchev–Trinajstić information content (AvgIpc) is 2.49. The van der Waals surface area contributed by atoms with Crippen molar-refractivity contribution >= 4 is 29.4 Å². The molecule has 1 atom stereocenters. The van der Waals surface area contributed by atoms with Crippen molar-refractivity contribution in [2.24, 2.45) is 0 Å². The lowest BCUT2D eigenvalue weighted by atomic mass is 9.88. The number of carboxylic acids is 1. The van der Waals surface area contributed by atoms with Crippen LogP contribution in [-0.4, -0.2) is 34.1 Å². The van der Waals surface area contributed by atoms with Gasteiger partial charge in [0.05, 0.1) is 0 Å². The maximum atomic E-state index is 12.3. The van der Waals surface area contributed by atoms with E-state index in [0.717, 1.165) is 0 Å². The van der Waals surface area contributed by atoms with Gasteiger partial charge in [-0.25, -0.2) is 9.59 Å². The number of rotatable bonds is 7. The Bertz CT molecular complexity index is 653. The summed E-state index contributed by atoms with van der Waals surface area (Å²) >= 11 is 5.87. The van der Waals surface area contributed by atoms with E-state index in [1.54, 1.807) is 45.9 Å². The van der Waals surface area contributed by atoms with Gasteiger partial charge in [-0.1, -0.05) is 30.7 Å². The van der Waals surface area contributed by atoms with Gasteiger partial charge in [0, 0.05) is 17.0 Å². The maximum Gasteiger partial charge on any atom is 0.408 e. The second kappa shape index (κ2) is 8.34. The van der Waals surface area contributed by atoms with Gasteiger partial charge in [-0.2, -0.15) is 0 Å². The Morgan fingerprint density at radius 1 is 1.24 bits per heavy atom. The number of nitrogens with one attached hydrogen (secondary N) is 1. The summed E-state index contributed by atoms with van der Waals surface area (Å²) in [6.07, 6.45) is -0.809. The van der Waals surface area contributed by atoms with Gasteiger partial charge in [0.15, 0.2) is 5.78 Å². The third-order valence-electron chi connectivity index (χ3n) is 3.68. The van der Waals surface area contributed by atoms with E-state index >= 15 is 0 Å². The van der Waals surface area contributed by atoms with E-state index in [9.17, 15) is 19.5 Å². The van der Waals surface area contributed by atoms with Crippen LogP contribution in [0.2, 0.25) is 5.02 Å². The summed E-state index contributed by atoms with van der Waals surface area (Å²) in [6, 6.07) is 6.44. The van der Waals surface area contributed by atoms with Crippen LogP contribution in [0.1, 0.15) is 57.3 Å². The predicted molar refractivity (Wildman–Crippen MR) is 95.0 cm³/mol. The second-order valence-electron chi connectivity index (χ2n) is 6.80. The Hall–Kier alpha value is -2.08. The van der Waals surface area contributed by atoms with Crippen LogP contribution in [0.4, 0.5) is 4.79 Å². The first kappa shape index (κ1) is 21.0. The van der Waals surface area contributed by atoms with Gasteiger partial charge in [-0.15, -0.1) is 0 Å². The molecule has 0 heterocycles. The zero-order valence-corrected chi connectivity index (χ0v) is 15.6. The lowest BCUT2D eigenvalue weighted by Gasteiger charge is -2.30. The van der Waals surface area contributed by atoms with Crippen molar-refractivity contribution in [2.75, 3.05) is 0 Å². The Balaban J connectivity index is 2.87. The van der Waals surface area contributed by atoms with E-state index in [2.05, 4.69) is 5.32 Å². The summed E-state index contributed by atoms with van der Waals surface area (Å²) in [4.78, 5) is 36.1. The van der Waals surface area contributed by atoms with Crippen LogP contribution in [0.3, 0.4) is 0 Å². The van der Waals surface area contributed by atoms with E-state index < -0.39 is 23.2 Å². The van der Waals surface area contributed by atoms with Gasteiger partial charge in [-0.05, 0) is 45.7 Å². The SMILES string of the molecule is CC[C@@](CCC(=O)c1cccc(Cl)c1)(NC(=O)OC(C)(C)C)C(=O)O. The monoisotopic (exact) mass is 369 g/mol. The highest BCUT2D eigenvalue weighted by molar-refractivity contribution is 6.31. The summed E-state index contributed by atoms with van der Waals surface area (Å²) in [5.74, 6) is -1.45. The molecule has 0 saturated carbocycles. The van der Waals surface area contributed by atoms with Gasteiger partial charge in [-0.3, -0.25) is 4.79 Å². The third-order valence-corrected chi connectivity index (χ3v) is 3.91. The molecule has 0 aliphatic rings. The molecule has 0 fully saturated rings. The van der Waals surface area contributed by atoms with Crippen LogP contribution in [0.25, 0.3) is 0 Å². The molecule has 6 nitrogen and oxygen atoms in total. The molecule has 0 spiro atoms. The molecule has 0 aliphatic carbocycles. The molecule has 1 rings (SSSR count). The number of amides is 1. The van der Waals surface area contributed by atoms with E-state index in [4.69, 9.17) is 16.3 Å². The smallest absolute Gasteiger partial charge is 0.408 e. The van der Waals surface area contributed by atoms with E-state index in [0.29, 0.717) is 10.6 Å². The fourth-order valence-corrected chi connectivity index (χ4v) is 2.46. The molecular weight excluding hydrogens is 346 g/mol. The van der Waals surface area contributed by atoms with Gasteiger partial charge in [0.25, 0.3) is 0 Å². The fraction of sp³-hybridized carbons (Fsp3) is 0.500. The summed E-state index contributed by atoms with van der Waals surface area (Å²) in [6.45, 7) is 6.69. The quantitative estimate of drug-likeness (QED) is 0.707. The second-order valence-corrected chi connectivity index (χ2v) is 7.24. The minimum Gasteiger partial charge on any atom is -0.480 e. The number of carbonyl (C=O) groups is 3. The number of carboxylic acid groups (broad SMARTS) is 1. The molecular formula is C18H24ClNO5. The number of alkyl carbamates (subject to hydrolysis) is 1. The van der Waals surface area contributed by atoms with Crippen LogP contribution in [0, 0.1) is 0 Å². The van der Waals surface area contributed by atoms with Crippen LogP contribution < -0.4 is 5.32 Å². The number of hydrogen-bond acceptors (Lipinski definition) is 4. The highest BCUT2D eigenvalue weighted by Gasteiger charge is 2.39. The molecule has 0 bridgehead atoms. The predicted octanol–water partition coefficient (Wildman–Crippen LogP) is 4.06. The van der Waals surface area contributed by atoms with Gasteiger partial charge >= 0.3 is 12.1 Å². The van der Waals surface area contributed by atoms with Crippen LogP contribution in [0.15, 0.2) is 24.3 Å². The topological polar surface area (TPSA) is 92.7 Å². The highest BCUT2D eigenvalue weighted by atomic mass is 35.5. The van der Waals surface area contributed by atoms with Gasteiger partial charge in [0.2, 0.25) is 0 Å². The molecule has 1 amide bonds. The molecule has 0 saturated heterocycles. The largest absolute Gasteiger partial charge is 0.480 e. The minimum absolute atomic E-state index is 0.0454. The summed E-state index contributed by atoms with van der Waals surface area (Å²) < 4.78 is 5.14. The van der Waals surface area contributed by atoms with Gasteiger partial charge in [0.1, 0.15) is 11.1 Å². The molecule has 1 aromatic carbocycles. The lowest BCUT2D eigenvalue weighted by Crippen LogP contribution is -2.55. The summed E-state index contributed by atoms with van der Waals surface area (Å²) in [7, 11) is 0. The first-order valence-electron chi connectivity index (χ1n) is 8.02. The van der Waals surface area contributed by atoms with Crippen molar-refractivity contribution in [2.45, 2.75) is 58.1 Å². The number of ether oxygens (including phenoxy) is 1. The summed E-state index contributed by atoms with van der Waals surface area (Å²) in [5, 5.41) is 12.4. The highest BCUT2D eigenvalue weighted by Crippen LogP contribution is 2.22. The van der Waals surface area contributed by atoms with Crippen molar-refractivity contribution in [1.29, 1.82) is 0 Å². The zero-order chi connectivity index (χ0) is 19.3. The molecule has 7 heteroatoms. The Morgan fingerprint density at radius 3 is 2.36 bits per heavy atom. The number of aliphatic carboxylic acids is 1. The van der Waals surface area contributed by atoms with Crippen molar-refractivity contribution < 1.29 is 24.2 Å². The number of ketones is 1. The Labute approximate surface area is 152 Å². The minimum atomic E-state index is -1.57. The van der Waals surface area contributed by atoms with E-state index in [-0.39, 0.29) is 25.0 Å². The molecule has 0 aromatic heterocycles. The molecule has 0 unspecified atom stereocenters. The molecule has 1 aromatic rings. The number of hydrogen-bond donors (Lipinski definition) is 2.